The Kier molecular flexibility index (Phi) is 2.72. The molecule has 0 radical (unpaired) electrons. The zero-order valence-corrected chi connectivity index (χ0v) is 9.95. The standard InChI is InChI=1S/C14H10N2O3/c17-13-12-11(7-4-8-15-12)19-14(18)16(13)9-10-5-2-1-3-6-10/h1-8H,9H2. The van der Waals surface area contributed by atoms with Crippen LogP contribution < -0.4 is 11.3 Å². The van der Waals surface area contributed by atoms with Crippen molar-refractivity contribution in [1.29, 1.82) is 0 Å². The van der Waals surface area contributed by atoms with Crippen LogP contribution in [0.4, 0.5) is 0 Å². The Hall–Kier alpha value is -2.69. The molecule has 0 saturated carbocycles. The average Bonchev–Trinajstić information content (AvgIpc) is 2.45. The van der Waals surface area contributed by atoms with Crippen LogP contribution in [0, 0.1) is 0 Å². The predicted octanol–water partition coefficient (Wildman–Crippen LogP) is 1.40. The molecule has 0 aliphatic carbocycles. The van der Waals surface area contributed by atoms with Crippen LogP contribution in [0.3, 0.4) is 0 Å². The molecule has 2 heterocycles. The number of hydrogen-bond donors (Lipinski definition) is 0. The minimum Gasteiger partial charge on any atom is -0.407 e. The van der Waals surface area contributed by atoms with Gasteiger partial charge in [-0.3, -0.25) is 4.79 Å². The lowest BCUT2D eigenvalue weighted by Gasteiger charge is -2.04. The van der Waals surface area contributed by atoms with Gasteiger partial charge in [0.15, 0.2) is 11.1 Å². The van der Waals surface area contributed by atoms with E-state index in [0.29, 0.717) is 0 Å². The fourth-order valence-electron chi connectivity index (χ4n) is 1.90. The second-order valence-corrected chi connectivity index (χ2v) is 4.10. The van der Waals surface area contributed by atoms with Crippen molar-refractivity contribution < 1.29 is 4.42 Å². The molecule has 94 valence electrons. The lowest BCUT2D eigenvalue weighted by molar-refractivity contribution is 0.469. The van der Waals surface area contributed by atoms with Gasteiger partial charge in [-0.05, 0) is 17.7 Å². The van der Waals surface area contributed by atoms with Crippen LogP contribution in [0.5, 0.6) is 0 Å². The summed E-state index contributed by atoms with van der Waals surface area (Å²) < 4.78 is 6.14. The predicted molar refractivity (Wildman–Crippen MR) is 70.1 cm³/mol. The van der Waals surface area contributed by atoms with Gasteiger partial charge < -0.3 is 4.42 Å². The molecule has 1 aromatic carbocycles. The molecule has 0 fully saturated rings. The van der Waals surface area contributed by atoms with Gasteiger partial charge >= 0.3 is 5.76 Å². The van der Waals surface area contributed by atoms with E-state index in [4.69, 9.17) is 4.42 Å². The number of hydrogen-bond acceptors (Lipinski definition) is 4. The van der Waals surface area contributed by atoms with Crippen molar-refractivity contribution in [2.75, 3.05) is 0 Å². The van der Waals surface area contributed by atoms with Crippen molar-refractivity contribution in [3.63, 3.8) is 0 Å². The molecule has 0 N–H and O–H groups in total. The van der Waals surface area contributed by atoms with Gasteiger partial charge in [-0.1, -0.05) is 30.3 Å². The second kappa shape index (κ2) is 4.53. The van der Waals surface area contributed by atoms with Crippen molar-refractivity contribution in [3.8, 4) is 0 Å². The van der Waals surface area contributed by atoms with Crippen molar-refractivity contribution >= 4 is 11.1 Å². The van der Waals surface area contributed by atoms with Crippen molar-refractivity contribution in [2.24, 2.45) is 0 Å². The highest BCUT2D eigenvalue weighted by molar-refractivity contribution is 5.69. The highest BCUT2D eigenvalue weighted by Crippen LogP contribution is 2.04. The number of benzene rings is 1. The smallest absolute Gasteiger partial charge is 0.407 e. The third kappa shape index (κ3) is 2.06. The summed E-state index contributed by atoms with van der Waals surface area (Å²) >= 11 is 0. The van der Waals surface area contributed by atoms with Crippen molar-refractivity contribution in [3.05, 3.63) is 75.1 Å². The maximum atomic E-state index is 12.2. The van der Waals surface area contributed by atoms with Gasteiger partial charge in [0.05, 0.1) is 6.54 Å². The van der Waals surface area contributed by atoms with Crippen LogP contribution >= 0.6 is 0 Å². The van der Waals surface area contributed by atoms with Crippen LogP contribution in [-0.4, -0.2) is 9.55 Å². The molecular formula is C14H10N2O3. The van der Waals surface area contributed by atoms with E-state index in [1.54, 1.807) is 12.1 Å². The Balaban J connectivity index is 2.19. The van der Waals surface area contributed by atoms with E-state index in [9.17, 15) is 9.59 Å². The first kappa shape index (κ1) is 11.4. The molecule has 5 heteroatoms. The van der Waals surface area contributed by atoms with E-state index in [1.165, 1.54) is 6.20 Å². The molecule has 0 unspecified atom stereocenters. The zero-order valence-electron chi connectivity index (χ0n) is 9.95. The molecule has 0 amide bonds. The Labute approximate surface area is 107 Å². The quantitative estimate of drug-likeness (QED) is 0.693. The Morgan fingerprint density at radius 2 is 1.84 bits per heavy atom. The summed E-state index contributed by atoms with van der Waals surface area (Å²) in [5, 5.41) is 0. The summed E-state index contributed by atoms with van der Waals surface area (Å²) in [6.07, 6.45) is 1.50. The van der Waals surface area contributed by atoms with Crippen LogP contribution in [0.1, 0.15) is 5.56 Å². The fourth-order valence-corrected chi connectivity index (χ4v) is 1.90. The summed E-state index contributed by atoms with van der Waals surface area (Å²) in [6.45, 7) is 0.175. The van der Waals surface area contributed by atoms with Crippen molar-refractivity contribution in [1.82, 2.24) is 9.55 Å². The molecule has 0 aliphatic rings. The van der Waals surface area contributed by atoms with E-state index >= 15 is 0 Å². The van der Waals surface area contributed by atoms with Crippen molar-refractivity contribution in [2.45, 2.75) is 6.54 Å². The molecule has 0 saturated heterocycles. The third-order valence-corrected chi connectivity index (χ3v) is 2.82. The molecule has 0 bridgehead atoms. The summed E-state index contributed by atoms with van der Waals surface area (Å²) in [4.78, 5) is 28.0. The first-order chi connectivity index (χ1) is 9.25. The summed E-state index contributed by atoms with van der Waals surface area (Å²) in [5.41, 5.74) is 0.794. The highest BCUT2D eigenvalue weighted by atomic mass is 16.4. The molecular weight excluding hydrogens is 244 g/mol. The topological polar surface area (TPSA) is 65.1 Å². The molecule has 2 aromatic heterocycles. The number of fused-ring (bicyclic) bond motifs is 1. The van der Waals surface area contributed by atoms with Gasteiger partial charge in [0.2, 0.25) is 0 Å². The van der Waals surface area contributed by atoms with Crippen LogP contribution in [0.15, 0.2) is 62.7 Å². The summed E-state index contributed by atoms with van der Waals surface area (Å²) in [6, 6.07) is 12.4. The van der Waals surface area contributed by atoms with E-state index in [-0.39, 0.29) is 17.6 Å². The average molecular weight is 254 g/mol. The highest BCUT2D eigenvalue weighted by Gasteiger charge is 2.10. The van der Waals surface area contributed by atoms with Crippen LogP contribution in [-0.2, 0) is 6.54 Å². The van der Waals surface area contributed by atoms with Gasteiger partial charge in [0, 0.05) is 6.20 Å². The minimum absolute atomic E-state index is 0.165. The Morgan fingerprint density at radius 1 is 1.05 bits per heavy atom. The van der Waals surface area contributed by atoms with Gasteiger partial charge in [-0.15, -0.1) is 0 Å². The van der Waals surface area contributed by atoms with Crippen LogP contribution in [0.2, 0.25) is 0 Å². The molecule has 0 atom stereocenters. The largest absolute Gasteiger partial charge is 0.422 e. The lowest BCUT2D eigenvalue weighted by atomic mass is 10.2. The maximum Gasteiger partial charge on any atom is 0.422 e. The van der Waals surface area contributed by atoms with E-state index in [0.717, 1.165) is 10.1 Å². The summed E-state index contributed by atoms with van der Waals surface area (Å²) in [7, 11) is 0. The van der Waals surface area contributed by atoms with Crippen LogP contribution in [0.25, 0.3) is 11.1 Å². The molecule has 19 heavy (non-hydrogen) atoms. The summed E-state index contributed by atoms with van der Waals surface area (Å²) in [5.74, 6) is -0.672. The second-order valence-electron chi connectivity index (χ2n) is 4.10. The van der Waals surface area contributed by atoms with E-state index < -0.39 is 11.3 Å². The first-order valence-electron chi connectivity index (χ1n) is 5.78. The lowest BCUT2D eigenvalue weighted by Crippen LogP contribution is -2.33. The molecule has 3 rings (SSSR count). The minimum atomic E-state index is -0.672. The first-order valence-corrected chi connectivity index (χ1v) is 5.78. The molecule has 0 spiro atoms. The maximum absolute atomic E-state index is 12.2. The van der Waals surface area contributed by atoms with Gasteiger partial charge in [0.1, 0.15) is 0 Å². The fraction of sp³-hybridized carbons (Fsp3) is 0.0714. The monoisotopic (exact) mass is 254 g/mol. The molecule has 3 aromatic rings. The van der Waals surface area contributed by atoms with Gasteiger partial charge in [-0.25, -0.2) is 14.3 Å². The number of rotatable bonds is 2. The van der Waals surface area contributed by atoms with Gasteiger partial charge in [0.25, 0.3) is 5.56 Å². The Morgan fingerprint density at radius 3 is 2.63 bits per heavy atom. The third-order valence-electron chi connectivity index (χ3n) is 2.82. The van der Waals surface area contributed by atoms with E-state index in [1.807, 2.05) is 30.3 Å². The molecule has 5 nitrogen and oxygen atoms in total. The number of pyridine rings is 1. The number of nitrogens with zero attached hydrogens (tertiary/aromatic N) is 2. The normalized spacial score (nSPS) is 10.7. The SMILES string of the molecule is O=c1oc2cccnc2c(=O)n1Cc1ccccc1. The Bertz CT molecular complexity index is 834. The van der Waals surface area contributed by atoms with Gasteiger partial charge in [-0.2, -0.15) is 0 Å². The zero-order chi connectivity index (χ0) is 13.2. The van der Waals surface area contributed by atoms with E-state index in [2.05, 4.69) is 4.98 Å². The molecule has 0 aliphatic heterocycles. The number of aromatic nitrogens is 2.